The number of nitrogens with zero attached hydrogens (tertiary/aromatic N) is 3. The lowest BCUT2D eigenvalue weighted by Gasteiger charge is -2.35. The highest BCUT2D eigenvalue weighted by atomic mass is 28.3. The van der Waals surface area contributed by atoms with Gasteiger partial charge in [0, 0.05) is 16.7 Å². The van der Waals surface area contributed by atoms with E-state index in [4.69, 9.17) is 15.0 Å². The largest absolute Gasteiger partial charge is 0.208 e. The quantitative estimate of drug-likeness (QED) is 0.156. The SMILES string of the molecule is C[Si](C)(C)c1ccc2c(c1)C(c1ccccc1)(c1ccccc1)c1cc(-c3cccc(-c4nc(-c5ccccc5)nc(-c5ccccc5)n4)c3)ccc1-2. The van der Waals surface area contributed by atoms with Crippen molar-refractivity contribution in [1.82, 2.24) is 15.0 Å². The normalized spacial score (nSPS) is 13.0. The minimum atomic E-state index is -1.61. The summed E-state index contributed by atoms with van der Waals surface area (Å²) in [5, 5.41) is 1.47. The molecule has 1 heterocycles. The van der Waals surface area contributed by atoms with Gasteiger partial charge in [0.05, 0.1) is 13.5 Å². The number of benzene rings is 7. The maximum atomic E-state index is 5.03. The fraction of sp³-hybridized carbons (Fsp3) is 0.0816. The van der Waals surface area contributed by atoms with Crippen LogP contribution in [0.1, 0.15) is 22.3 Å². The lowest BCUT2D eigenvalue weighted by atomic mass is 9.67. The van der Waals surface area contributed by atoms with Gasteiger partial charge in [0.15, 0.2) is 17.5 Å². The van der Waals surface area contributed by atoms with Crippen LogP contribution in [0.2, 0.25) is 19.6 Å². The third kappa shape index (κ3) is 5.72. The molecule has 0 unspecified atom stereocenters. The maximum absolute atomic E-state index is 5.03. The van der Waals surface area contributed by atoms with E-state index in [-0.39, 0.29) is 0 Å². The first-order valence-corrected chi connectivity index (χ1v) is 21.8. The molecule has 0 radical (unpaired) electrons. The molecule has 254 valence electrons. The minimum Gasteiger partial charge on any atom is -0.208 e. The van der Waals surface area contributed by atoms with Crippen molar-refractivity contribution in [3.63, 3.8) is 0 Å². The van der Waals surface area contributed by atoms with Crippen molar-refractivity contribution < 1.29 is 0 Å². The summed E-state index contributed by atoms with van der Waals surface area (Å²) >= 11 is 0. The predicted octanol–water partition coefficient (Wildman–Crippen LogP) is 11.4. The molecule has 1 aliphatic rings. The molecule has 0 saturated heterocycles. The Labute approximate surface area is 312 Å². The predicted molar refractivity (Wildman–Crippen MR) is 222 cm³/mol. The molecule has 0 aliphatic heterocycles. The van der Waals surface area contributed by atoms with Gasteiger partial charge < -0.3 is 0 Å². The van der Waals surface area contributed by atoms with Crippen molar-refractivity contribution in [2.45, 2.75) is 25.1 Å². The lowest BCUT2D eigenvalue weighted by Crippen LogP contribution is -2.39. The van der Waals surface area contributed by atoms with Crippen LogP contribution in [-0.2, 0) is 5.41 Å². The van der Waals surface area contributed by atoms with Crippen LogP contribution in [0.5, 0.6) is 0 Å². The highest BCUT2D eigenvalue weighted by Gasteiger charge is 2.46. The number of aromatic nitrogens is 3. The topological polar surface area (TPSA) is 38.7 Å². The molecule has 0 amide bonds. The van der Waals surface area contributed by atoms with Gasteiger partial charge in [-0.2, -0.15) is 0 Å². The first kappa shape index (κ1) is 32.7. The zero-order chi connectivity index (χ0) is 36.0. The summed E-state index contributed by atoms with van der Waals surface area (Å²) in [6.45, 7) is 7.31. The van der Waals surface area contributed by atoms with E-state index in [1.165, 1.54) is 38.6 Å². The zero-order valence-electron chi connectivity index (χ0n) is 30.2. The summed E-state index contributed by atoms with van der Waals surface area (Å²) in [7, 11) is -1.61. The molecule has 0 fully saturated rings. The molecule has 0 saturated carbocycles. The minimum absolute atomic E-state index is 0.472. The molecule has 8 aromatic rings. The van der Waals surface area contributed by atoms with Crippen molar-refractivity contribution in [2.75, 3.05) is 0 Å². The van der Waals surface area contributed by atoms with E-state index in [2.05, 4.69) is 141 Å². The van der Waals surface area contributed by atoms with Crippen LogP contribution in [0, 0.1) is 0 Å². The van der Waals surface area contributed by atoms with Crippen LogP contribution < -0.4 is 5.19 Å². The summed E-state index contributed by atoms with van der Waals surface area (Å²) in [6.07, 6.45) is 0. The third-order valence-electron chi connectivity index (χ3n) is 10.6. The van der Waals surface area contributed by atoms with E-state index >= 15 is 0 Å². The Balaban J connectivity index is 1.24. The molecule has 0 spiro atoms. The summed E-state index contributed by atoms with van der Waals surface area (Å²) < 4.78 is 0. The molecular weight excluding hydrogens is 659 g/mol. The van der Waals surface area contributed by atoms with Crippen molar-refractivity contribution in [1.29, 1.82) is 0 Å². The number of hydrogen-bond acceptors (Lipinski definition) is 3. The van der Waals surface area contributed by atoms with Crippen molar-refractivity contribution in [3.05, 3.63) is 204 Å². The highest BCUT2D eigenvalue weighted by Crippen LogP contribution is 2.56. The van der Waals surface area contributed by atoms with Gasteiger partial charge >= 0.3 is 0 Å². The number of fused-ring (bicyclic) bond motifs is 3. The Morgan fingerprint density at radius 1 is 0.358 bits per heavy atom. The Morgan fingerprint density at radius 3 is 1.30 bits per heavy atom. The van der Waals surface area contributed by atoms with Crippen molar-refractivity contribution >= 4 is 13.3 Å². The van der Waals surface area contributed by atoms with Crippen LogP contribution in [-0.4, -0.2) is 23.0 Å². The fourth-order valence-corrected chi connectivity index (χ4v) is 9.07. The number of rotatable bonds is 7. The second-order valence-corrected chi connectivity index (χ2v) is 19.9. The molecule has 1 aliphatic carbocycles. The van der Waals surface area contributed by atoms with Gasteiger partial charge in [0.25, 0.3) is 0 Å². The van der Waals surface area contributed by atoms with E-state index in [0.717, 1.165) is 27.8 Å². The second-order valence-electron chi connectivity index (χ2n) is 14.9. The zero-order valence-corrected chi connectivity index (χ0v) is 31.2. The average Bonchev–Trinajstić information content (AvgIpc) is 3.51. The standard InChI is InChI=1S/C49H39N3Si/c1-53(2,3)41-28-30-43-42-29-27-37(32-44(42)49(45(43)33-41,39-23-12-6-13-24-39)40-25-14-7-15-26-40)36-21-16-22-38(31-36)48-51-46(34-17-8-4-9-18-34)50-47(52-48)35-19-10-5-11-20-35/h4-33H,1-3H3. The average molecular weight is 698 g/mol. The van der Waals surface area contributed by atoms with Crippen molar-refractivity contribution in [3.8, 4) is 56.4 Å². The molecule has 9 rings (SSSR count). The summed E-state index contributed by atoms with van der Waals surface area (Å²) in [4.78, 5) is 15.0. The first-order valence-electron chi connectivity index (χ1n) is 18.3. The third-order valence-corrected chi connectivity index (χ3v) is 12.6. The summed E-state index contributed by atoms with van der Waals surface area (Å²) in [5.41, 5.74) is 12.5. The fourth-order valence-electron chi connectivity index (χ4n) is 7.91. The Bertz CT molecular complexity index is 2480. The molecule has 53 heavy (non-hydrogen) atoms. The molecular formula is C49H39N3Si. The molecule has 7 aromatic carbocycles. The van der Waals surface area contributed by atoms with E-state index < -0.39 is 13.5 Å². The van der Waals surface area contributed by atoms with Crippen molar-refractivity contribution in [2.24, 2.45) is 0 Å². The summed E-state index contributed by atoms with van der Waals surface area (Å²) in [6, 6.07) is 65.4. The van der Waals surface area contributed by atoms with E-state index in [0.29, 0.717) is 17.5 Å². The highest BCUT2D eigenvalue weighted by molar-refractivity contribution is 6.88. The van der Waals surface area contributed by atoms with Crippen LogP contribution in [0.3, 0.4) is 0 Å². The van der Waals surface area contributed by atoms with Gasteiger partial charge in [0.2, 0.25) is 0 Å². The van der Waals surface area contributed by atoms with Crippen LogP contribution >= 0.6 is 0 Å². The maximum Gasteiger partial charge on any atom is 0.164 e. The first-order chi connectivity index (χ1) is 25.9. The van der Waals surface area contributed by atoms with Gasteiger partial charge in [-0.15, -0.1) is 0 Å². The summed E-state index contributed by atoms with van der Waals surface area (Å²) in [5.74, 6) is 1.96. The Kier molecular flexibility index (Phi) is 8.05. The smallest absolute Gasteiger partial charge is 0.164 e. The van der Waals surface area contributed by atoms with Gasteiger partial charge in [-0.3, -0.25) is 0 Å². The molecule has 0 N–H and O–H groups in total. The van der Waals surface area contributed by atoms with Crippen LogP contribution in [0.15, 0.2) is 182 Å². The Hall–Kier alpha value is -6.23. The molecule has 0 atom stereocenters. The van der Waals surface area contributed by atoms with Crippen LogP contribution in [0.4, 0.5) is 0 Å². The van der Waals surface area contributed by atoms with E-state index in [1.807, 2.05) is 60.7 Å². The molecule has 3 nitrogen and oxygen atoms in total. The van der Waals surface area contributed by atoms with Gasteiger partial charge in [-0.1, -0.05) is 195 Å². The Morgan fingerprint density at radius 2 is 0.774 bits per heavy atom. The molecule has 4 heteroatoms. The molecule has 0 bridgehead atoms. The monoisotopic (exact) mass is 697 g/mol. The van der Waals surface area contributed by atoms with E-state index in [1.54, 1.807) is 0 Å². The second kappa shape index (κ2) is 13.1. The van der Waals surface area contributed by atoms with Gasteiger partial charge in [-0.25, -0.2) is 15.0 Å². The van der Waals surface area contributed by atoms with E-state index in [9.17, 15) is 0 Å². The lowest BCUT2D eigenvalue weighted by molar-refractivity contribution is 0.769. The number of hydrogen-bond donors (Lipinski definition) is 0. The van der Waals surface area contributed by atoms with Crippen LogP contribution in [0.25, 0.3) is 56.4 Å². The van der Waals surface area contributed by atoms with Gasteiger partial charge in [-0.05, 0) is 56.6 Å². The molecule has 1 aromatic heterocycles. The van der Waals surface area contributed by atoms with Gasteiger partial charge in [0.1, 0.15) is 0 Å².